The number of benzene rings is 2. The van der Waals surface area contributed by atoms with Gasteiger partial charge in [0.1, 0.15) is 23.1 Å². The van der Waals surface area contributed by atoms with Crippen LogP contribution in [0.15, 0.2) is 48.5 Å². The van der Waals surface area contributed by atoms with Crippen molar-refractivity contribution < 1.29 is 23.5 Å². The molecule has 5 nitrogen and oxygen atoms in total. The molecular formula is C23H23ClFNO4. The molecule has 3 saturated carbocycles. The fourth-order valence-electron chi connectivity index (χ4n) is 4.45. The molecule has 0 aliphatic heterocycles. The molecule has 0 heterocycles. The average molecular weight is 432 g/mol. The molecule has 5 rings (SSSR count). The van der Waals surface area contributed by atoms with Gasteiger partial charge in [-0.3, -0.25) is 9.59 Å². The predicted molar refractivity (Wildman–Crippen MR) is 110 cm³/mol. The van der Waals surface area contributed by atoms with Crippen LogP contribution in [0.3, 0.4) is 0 Å². The van der Waals surface area contributed by atoms with Gasteiger partial charge in [-0.25, -0.2) is 4.39 Å². The lowest BCUT2D eigenvalue weighted by Crippen LogP contribution is -2.77. The first kappa shape index (κ1) is 20.7. The van der Waals surface area contributed by atoms with Crippen LogP contribution in [0.4, 0.5) is 4.39 Å². The van der Waals surface area contributed by atoms with E-state index in [0.717, 1.165) is 0 Å². The monoisotopic (exact) mass is 431 g/mol. The second-order valence-electron chi connectivity index (χ2n) is 8.21. The fourth-order valence-corrected chi connectivity index (χ4v) is 4.57. The van der Waals surface area contributed by atoms with E-state index in [1.165, 1.54) is 12.1 Å². The van der Waals surface area contributed by atoms with Crippen molar-refractivity contribution in [1.29, 1.82) is 0 Å². The molecule has 3 aliphatic carbocycles. The average Bonchev–Trinajstić information content (AvgIpc) is 2.67. The number of nitrogens with one attached hydrogen (secondary N) is 1. The number of ketones is 1. The first-order chi connectivity index (χ1) is 14.4. The van der Waals surface area contributed by atoms with E-state index in [1.807, 2.05) is 0 Å². The Labute approximate surface area is 179 Å². The zero-order valence-corrected chi connectivity index (χ0v) is 17.2. The summed E-state index contributed by atoms with van der Waals surface area (Å²) in [4.78, 5) is 24.7. The van der Waals surface area contributed by atoms with Crippen molar-refractivity contribution in [3.8, 4) is 11.5 Å². The largest absolute Gasteiger partial charge is 0.494 e. The first-order valence-corrected chi connectivity index (χ1v) is 10.4. The van der Waals surface area contributed by atoms with Gasteiger partial charge >= 0.3 is 0 Å². The molecule has 0 aromatic heterocycles. The Morgan fingerprint density at radius 2 is 1.57 bits per heavy atom. The van der Waals surface area contributed by atoms with Crippen molar-refractivity contribution in [3.05, 3.63) is 59.4 Å². The lowest BCUT2D eigenvalue weighted by atomic mass is 9.37. The van der Waals surface area contributed by atoms with Crippen LogP contribution in [0.2, 0.25) is 5.02 Å². The van der Waals surface area contributed by atoms with Crippen LogP contribution in [0.25, 0.3) is 0 Å². The van der Waals surface area contributed by atoms with Crippen molar-refractivity contribution in [2.45, 2.75) is 37.6 Å². The van der Waals surface area contributed by atoms with E-state index in [-0.39, 0.29) is 35.1 Å². The van der Waals surface area contributed by atoms with Gasteiger partial charge in [0.25, 0.3) is 5.91 Å². The second-order valence-corrected chi connectivity index (χ2v) is 8.65. The Morgan fingerprint density at radius 3 is 2.23 bits per heavy atom. The van der Waals surface area contributed by atoms with Gasteiger partial charge < -0.3 is 14.8 Å². The maximum absolute atomic E-state index is 12.9. The van der Waals surface area contributed by atoms with E-state index < -0.39 is 0 Å². The predicted octanol–water partition coefficient (Wildman–Crippen LogP) is 4.33. The summed E-state index contributed by atoms with van der Waals surface area (Å²) in [5.41, 5.74) is -0.527. The number of amides is 1. The van der Waals surface area contributed by atoms with Crippen LogP contribution in [-0.2, 0) is 9.59 Å². The molecule has 0 atom stereocenters. The summed E-state index contributed by atoms with van der Waals surface area (Å²) >= 11 is 5.82. The topological polar surface area (TPSA) is 64.6 Å². The molecular weight excluding hydrogens is 409 g/mol. The van der Waals surface area contributed by atoms with Gasteiger partial charge in [-0.1, -0.05) is 11.6 Å². The lowest BCUT2D eigenvalue weighted by molar-refractivity contribution is -0.182. The van der Waals surface area contributed by atoms with Crippen molar-refractivity contribution in [2.75, 3.05) is 13.2 Å². The number of carbonyl (C=O) groups excluding carboxylic acids is 2. The van der Waals surface area contributed by atoms with Crippen LogP contribution in [0, 0.1) is 11.2 Å². The third kappa shape index (κ3) is 4.43. The minimum atomic E-state index is -0.307. The SMILES string of the molecule is O=C(COc1ccc(Cl)cc1)NC12CC(C(=O)CCCOc3ccc(F)cc3)(C1)C2. The quantitative estimate of drug-likeness (QED) is 0.569. The second kappa shape index (κ2) is 8.26. The third-order valence-corrected chi connectivity index (χ3v) is 6.09. The van der Waals surface area contributed by atoms with E-state index in [0.29, 0.717) is 55.2 Å². The highest BCUT2D eigenvalue weighted by molar-refractivity contribution is 6.30. The summed E-state index contributed by atoms with van der Waals surface area (Å²) in [6, 6.07) is 12.7. The summed E-state index contributed by atoms with van der Waals surface area (Å²) in [6.45, 7) is 0.350. The van der Waals surface area contributed by atoms with E-state index in [9.17, 15) is 14.0 Å². The molecule has 2 aromatic carbocycles. The molecule has 7 heteroatoms. The smallest absolute Gasteiger partial charge is 0.258 e. The lowest BCUT2D eigenvalue weighted by Gasteiger charge is -2.69. The Hall–Kier alpha value is -2.60. The van der Waals surface area contributed by atoms with Gasteiger partial charge in [0, 0.05) is 22.4 Å². The number of ether oxygens (including phenoxy) is 2. The highest BCUT2D eigenvalue weighted by atomic mass is 35.5. The van der Waals surface area contributed by atoms with Crippen LogP contribution < -0.4 is 14.8 Å². The van der Waals surface area contributed by atoms with Crippen molar-refractivity contribution in [3.63, 3.8) is 0 Å². The summed E-state index contributed by atoms with van der Waals surface area (Å²) < 4.78 is 23.9. The van der Waals surface area contributed by atoms with Gasteiger partial charge in [-0.05, 0) is 74.2 Å². The number of Topliss-reactive ketones (excluding diaryl/α,β-unsaturated/α-hetero) is 1. The Morgan fingerprint density at radius 1 is 0.967 bits per heavy atom. The van der Waals surface area contributed by atoms with E-state index in [4.69, 9.17) is 21.1 Å². The Kier molecular flexibility index (Phi) is 5.69. The van der Waals surface area contributed by atoms with Gasteiger partial charge in [0.05, 0.1) is 6.61 Å². The summed E-state index contributed by atoms with van der Waals surface area (Å²) in [7, 11) is 0. The van der Waals surface area contributed by atoms with Crippen LogP contribution >= 0.6 is 11.6 Å². The molecule has 2 bridgehead atoms. The Bertz CT molecular complexity index is 909. The van der Waals surface area contributed by atoms with Gasteiger partial charge in [-0.2, -0.15) is 0 Å². The first-order valence-electron chi connectivity index (χ1n) is 9.99. The zero-order valence-electron chi connectivity index (χ0n) is 16.5. The molecule has 3 aliphatic rings. The molecule has 1 N–H and O–H groups in total. The molecule has 2 aromatic rings. The number of rotatable bonds is 10. The molecule has 158 valence electrons. The van der Waals surface area contributed by atoms with Crippen molar-refractivity contribution in [2.24, 2.45) is 5.41 Å². The van der Waals surface area contributed by atoms with Gasteiger partial charge in [0.2, 0.25) is 0 Å². The fraction of sp³-hybridized carbons (Fsp3) is 0.391. The number of carbonyl (C=O) groups is 2. The minimum absolute atomic E-state index is 0.0644. The highest BCUT2D eigenvalue weighted by Gasteiger charge is 2.71. The number of hydrogen-bond acceptors (Lipinski definition) is 4. The molecule has 0 spiro atoms. The standard InChI is InChI=1S/C23H23ClFNO4/c24-16-3-7-19(8-4-16)30-12-21(28)26-23-13-22(14-23,15-23)20(27)2-1-11-29-18-9-5-17(25)6-10-18/h3-10H,1-2,11-15H2,(H,26,28). The molecule has 0 saturated heterocycles. The van der Waals surface area contributed by atoms with Crippen LogP contribution in [0.1, 0.15) is 32.1 Å². The minimum Gasteiger partial charge on any atom is -0.494 e. The maximum Gasteiger partial charge on any atom is 0.258 e. The van der Waals surface area contributed by atoms with Gasteiger partial charge in [-0.15, -0.1) is 0 Å². The Balaban J connectivity index is 1.13. The third-order valence-electron chi connectivity index (χ3n) is 5.84. The molecule has 30 heavy (non-hydrogen) atoms. The zero-order chi connectivity index (χ0) is 21.2. The summed E-state index contributed by atoms with van der Waals surface area (Å²) in [6.07, 6.45) is 3.16. The normalized spacial score (nSPS) is 23.7. The highest BCUT2D eigenvalue weighted by Crippen LogP contribution is 2.68. The van der Waals surface area contributed by atoms with Crippen molar-refractivity contribution in [1.82, 2.24) is 5.32 Å². The summed E-state index contributed by atoms with van der Waals surface area (Å²) in [5, 5.41) is 3.62. The van der Waals surface area contributed by atoms with E-state index in [1.54, 1.807) is 36.4 Å². The number of halogens is 2. The summed E-state index contributed by atoms with van der Waals surface area (Å²) in [5.74, 6) is 0.925. The molecule has 3 fully saturated rings. The van der Waals surface area contributed by atoms with Crippen LogP contribution in [0.5, 0.6) is 11.5 Å². The van der Waals surface area contributed by atoms with E-state index >= 15 is 0 Å². The number of hydrogen-bond donors (Lipinski definition) is 1. The molecule has 0 unspecified atom stereocenters. The van der Waals surface area contributed by atoms with E-state index in [2.05, 4.69) is 5.32 Å². The molecule has 1 amide bonds. The van der Waals surface area contributed by atoms with Crippen molar-refractivity contribution >= 4 is 23.3 Å². The van der Waals surface area contributed by atoms with Crippen LogP contribution in [-0.4, -0.2) is 30.4 Å². The van der Waals surface area contributed by atoms with Gasteiger partial charge in [0.15, 0.2) is 6.61 Å². The maximum atomic E-state index is 12.9. The molecule has 0 radical (unpaired) electrons.